The first-order chi connectivity index (χ1) is 12.5. The fourth-order valence-corrected chi connectivity index (χ4v) is 3.79. The van der Waals surface area contributed by atoms with E-state index in [9.17, 15) is 9.18 Å². The van der Waals surface area contributed by atoms with Gasteiger partial charge in [0.05, 0.1) is 0 Å². The van der Waals surface area contributed by atoms with Gasteiger partial charge in [-0.3, -0.25) is 9.36 Å². The van der Waals surface area contributed by atoms with Crippen LogP contribution in [-0.2, 0) is 19.2 Å². The smallest absolute Gasteiger partial charge is 0.257 e. The number of hydrogen-bond acceptors (Lipinski definition) is 3. The third kappa shape index (κ3) is 4.05. The van der Waals surface area contributed by atoms with Crippen molar-refractivity contribution in [3.63, 3.8) is 0 Å². The highest BCUT2D eigenvalue weighted by molar-refractivity contribution is 7.98. The van der Waals surface area contributed by atoms with Crippen LogP contribution < -0.4 is 5.56 Å². The van der Waals surface area contributed by atoms with Gasteiger partial charge in [-0.2, -0.15) is 0 Å². The number of thioether (sulfide) groups is 1. The second-order valence-corrected chi connectivity index (χ2v) is 7.29. The van der Waals surface area contributed by atoms with Gasteiger partial charge in [0.2, 0.25) is 0 Å². The molecule has 0 atom stereocenters. The minimum absolute atomic E-state index is 0.0255. The largest absolute Gasteiger partial charge is 0.291 e. The minimum atomic E-state index is -0.255. The Morgan fingerprint density at radius 1 is 1.12 bits per heavy atom. The predicted octanol–water partition coefficient (Wildman–Crippen LogP) is 4.42. The van der Waals surface area contributed by atoms with E-state index < -0.39 is 0 Å². The van der Waals surface area contributed by atoms with Gasteiger partial charge in [-0.05, 0) is 42.7 Å². The molecule has 3 aromatic rings. The summed E-state index contributed by atoms with van der Waals surface area (Å²) in [4.78, 5) is 17.5. The van der Waals surface area contributed by atoms with Crippen LogP contribution in [0.1, 0.15) is 27.9 Å². The Bertz CT molecular complexity index is 998. The maximum atomic E-state index is 13.3. The zero-order chi connectivity index (χ0) is 18.7. The van der Waals surface area contributed by atoms with Crippen molar-refractivity contribution in [1.29, 1.82) is 0 Å². The van der Waals surface area contributed by atoms with E-state index in [1.807, 2.05) is 44.2 Å². The van der Waals surface area contributed by atoms with Crippen LogP contribution in [-0.4, -0.2) is 9.55 Å². The zero-order valence-electron chi connectivity index (χ0n) is 15.1. The van der Waals surface area contributed by atoms with Gasteiger partial charge in [-0.15, -0.1) is 0 Å². The molecule has 3 nitrogen and oxygen atoms in total. The second-order valence-electron chi connectivity index (χ2n) is 6.34. The Morgan fingerprint density at radius 3 is 2.62 bits per heavy atom. The van der Waals surface area contributed by atoms with E-state index in [2.05, 4.69) is 4.98 Å². The van der Waals surface area contributed by atoms with Crippen LogP contribution in [0, 0.1) is 19.7 Å². The van der Waals surface area contributed by atoms with E-state index in [0.717, 1.165) is 22.4 Å². The van der Waals surface area contributed by atoms with Crippen LogP contribution in [0.15, 0.2) is 58.5 Å². The summed E-state index contributed by atoms with van der Waals surface area (Å²) in [7, 11) is 1.74. The van der Waals surface area contributed by atoms with Crippen molar-refractivity contribution < 1.29 is 4.39 Å². The van der Waals surface area contributed by atoms with Crippen LogP contribution in [0.2, 0.25) is 0 Å². The SMILES string of the molecule is Cc1ccccc1Cc1c(C)nc(SCc2cccc(F)c2)n(C)c1=O. The molecular formula is C21H21FN2OS. The molecule has 0 saturated heterocycles. The summed E-state index contributed by atoms with van der Waals surface area (Å²) in [6.07, 6.45) is 0.576. The Morgan fingerprint density at radius 2 is 1.88 bits per heavy atom. The van der Waals surface area contributed by atoms with Crippen molar-refractivity contribution in [3.05, 3.63) is 92.6 Å². The zero-order valence-corrected chi connectivity index (χ0v) is 15.9. The Balaban J connectivity index is 1.86. The van der Waals surface area contributed by atoms with Crippen molar-refractivity contribution in [1.82, 2.24) is 9.55 Å². The standard InChI is InChI=1S/C21H21FN2OS/c1-14-7-4-5-9-17(14)12-19-15(2)23-21(24(3)20(19)25)26-13-16-8-6-10-18(22)11-16/h4-11H,12-13H2,1-3H3. The van der Waals surface area contributed by atoms with Crippen LogP contribution in [0.3, 0.4) is 0 Å². The Hall–Kier alpha value is -2.40. The molecule has 1 aromatic heterocycles. The third-order valence-corrected chi connectivity index (χ3v) is 5.54. The molecule has 0 aliphatic heterocycles. The molecule has 0 fully saturated rings. The average Bonchev–Trinajstić information content (AvgIpc) is 2.62. The number of hydrogen-bond donors (Lipinski definition) is 0. The molecule has 1 heterocycles. The van der Waals surface area contributed by atoms with Gasteiger partial charge >= 0.3 is 0 Å². The minimum Gasteiger partial charge on any atom is -0.291 e. The van der Waals surface area contributed by atoms with Gasteiger partial charge in [0, 0.05) is 30.5 Å². The summed E-state index contributed by atoms with van der Waals surface area (Å²) in [5.74, 6) is 0.309. The molecule has 0 aliphatic rings. The normalized spacial score (nSPS) is 10.9. The number of aryl methyl sites for hydroxylation is 2. The fraction of sp³-hybridized carbons (Fsp3) is 0.238. The molecule has 0 amide bonds. The van der Waals surface area contributed by atoms with Crippen LogP contribution >= 0.6 is 11.8 Å². The van der Waals surface area contributed by atoms with Crippen molar-refractivity contribution >= 4 is 11.8 Å². The maximum Gasteiger partial charge on any atom is 0.257 e. The lowest BCUT2D eigenvalue weighted by atomic mass is 10.0. The van der Waals surface area contributed by atoms with E-state index in [0.29, 0.717) is 17.3 Å². The topological polar surface area (TPSA) is 34.9 Å². The van der Waals surface area contributed by atoms with Gasteiger partial charge < -0.3 is 0 Å². The number of benzene rings is 2. The number of halogens is 1. The average molecular weight is 368 g/mol. The molecule has 2 aromatic carbocycles. The lowest BCUT2D eigenvalue weighted by molar-refractivity contribution is 0.626. The highest BCUT2D eigenvalue weighted by Gasteiger charge is 2.14. The molecule has 0 spiro atoms. The first-order valence-electron chi connectivity index (χ1n) is 8.44. The fourth-order valence-electron chi connectivity index (χ4n) is 2.84. The summed E-state index contributed by atoms with van der Waals surface area (Å²) in [6, 6.07) is 14.6. The Labute approximate surface area is 156 Å². The molecule has 0 radical (unpaired) electrons. The van der Waals surface area contributed by atoms with Gasteiger partial charge in [-0.1, -0.05) is 48.2 Å². The number of nitrogens with zero attached hydrogens (tertiary/aromatic N) is 2. The van der Waals surface area contributed by atoms with E-state index in [4.69, 9.17) is 0 Å². The van der Waals surface area contributed by atoms with E-state index in [-0.39, 0.29) is 11.4 Å². The summed E-state index contributed by atoms with van der Waals surface area (Å²) in [5.41, 5.74) is 4.61. The molecule has 0 N–H and O–H groups in total. The number of aromatic nitrogens is 2. The molecule has 0 bridgehead atoms. The van der Waals surface area contributed by atoms with Crippen LogP contribution in [0.5, 0.6) is 0 Å². The molecule has 5 heteroatoms. The van der Waals surface area contributed by atoms with Gasteiger partial charge in [0.15, 0.2) is 5.16 Å². The van der Waals surface area contributed by atoms with E-state index in [1.165, 1.54) is 29.5 Å². The van der Waals surface area contributed by atoms with Crippen molar-refractivity contribution in [2.75, 3.05) is 0 Å². The molecular weight excluding hydrogens is 347 g/mol. The van der Waals surface area contributed by atoms with Gasteiger partial charge in [-0.25, -0.2) is 9.37 Å². The summed E-state index contributed by atoms with van der Waals surface area (Å²) >= 11 is 1.44. The molecule has 0 aliphatic carbocycles. The summed E-state index contributed by atoms with van der Waals surface area (Å²) < 4.78 is 14.9. The maximum absolute atomic E-state index is 13.3. The first-order valence-corrected chi connectivity index (χ1v) is 9.42. The molecule has 26 heavy (non-hydrogen) atoms. The second kappa shape index (κ2) is 7.87. The quantitative estimate of drug-likeness (QED) is 0.494. The first kappa shape index (κ1) is 18.4. The molecule has 0 unspecified atom stereocenters. The highest BCUT2D eigenvalue weighted by atomic mass is 32.2. The lowest BCUT2D eigenvalue weighted by Crippen LogP contribution is -2.26. The lowest BCUT2D eigenvalue weighted by Gasteiger charge is -2.13. The predicted molar refractivity (Wildman–Crippen MR) is 104 cm³/mol. The van der Waals surface area contributed by atoms with E-state index in [1.54, 1.807) is 17.7 Å². The van der Waals surface area contributed by atoms with Crippen LogP contribution in [0.25, 0.3) is 0 Å². The van der Waals surface area contributed by atoms with E-state index >= 15 is 0 Å². The molecule has 0 saturated carbocycles. The van der Waals surface area contributed by atoms with Crippen molar-refractivity contribution in [2.45, 2.75) is 31.2 Å². The van der Waals surface area contributed by atoms with Gasteiger partial charge in [0.1, 0.15) is 5.82 Å². The third-order valence-electron chi connectivity index (χ3n) is 4.44. The summed E-state index contributed by atoms with van der Waals surface area (Å²) in [6.45, 7) is 3.92. The number of rotatable bonds is 5. The van der Waals surface area contributed by atoms with Crippen molar-refractivity contribution in [2.24, 2.45) is 7.05 Å². The summed E-state index contributed by atoms with van der Waals surface area (Å²) in [5, 5.41) is 0.644. The Kier molecular flexibility index (Phi) is 5.57. The highest BCUT2D eigenvalue weighted by Crippen LogP contribution is 2.22. The van der Waals surface area contributed by atoms with Crippen LogP contribution in [0.4, 0.5) is 4.39 Å². The van der Waals surface area contributed by atoms with Gasteiger partial charge in [0.25, 0.3) is 5.56 Å². The van der Waals surface area contributed by atoms with Crippen molar-refractivity contribution in [3.8, 4) is 0 Å². The molecule has 134 valence electrons. The monoisotopic (exact) mass is 368 g/mol. The molecule has 3 rings (SSSR count).